The summed E-state index contributed by atoms with van der Waals surface area (Å²) in [6.07, 6.45) is 3.37. The molecule has 0 unspecified atom stereocenters. The van der Waals surface area contributed by atoms with Crippen LogP contribution in [-0.4, -0.2) is 40.9 Å². The summed E-state index contributed by atoms with van der Waals surface area (Å²) in [5.41, 5.74) is 1.18. The van der Waals surface area contributed by atoms with Gasteiger partial charge in [0.15, 0.2) is 0 Å². The van der Waals surface area contributed by atoms with E-state index in [0.29, 0.717) is 0 Å². The first kappa shape index (κ1) is 15.8. The fraction of sp³-hybridized carbons (Fsp3) is 0.600. The summed E-state index contributed by atoms with van der Waals surface area (Å²) in [4.78, 5) is 0. The number of unbranched alkanes of at least 4 members (excludes halogenated alkanes) is 1. The molecule has 0 aromatic heterocycles. The summed E-state index contributed by atoms with van der Waals surface area (Å²) in [5.74, 6) is 1.81. The van der Waals surface area contributed by atoms with Crippen LogP contribution < -0.4 is 20.1 Å². The van der Waals surface area contributed by atoms with Gasteiger partial charge in [0.1, 0.15) is 11.5 Å². The van der Waals surface area contributed by atoms with Crippen LogP contribution in [-0.2, 0) is 6.42 Å². The normalized spacial score (nSPS) is 10.5. The molecule has 1 rings (SSSR count). The molecule has 108 valence electrons. The highest BCUT2D eigenvalue weighted by Crippen LogP contribution is 2.23. The van der Waals surface area contributed by atoms with Gasteiger partial charge >= 0.3 is 0 Å². The van der Waals surface area contributed by atoms with Crippen LogP contribution in [0.15, 0.2) is 18.2 Å². The SMILES string of the molecule is CNCCCCNCCc1cc(OC)ccc1OC. The highest BCUT2D eigenvalue weighted by molar-refractivity contribution is 5.40. The van der Waals surface area contributed by atoms with Gasteiger partial charge in [-0.3, -0.25) is 0 Å². The minimum Gasteiger partial charge on any atom is -0.497 e. The smallest absolute Gasteiger partial charge is 0.122 e. The van der Waals surface area contributed by atoms with Crippen LogP contribution in [0.4, 0.5) is 0 Å². The Morgan fingerprint density at radius 3 is 2.47 bits per heavy atom. The highest BCUT2D eigenvalue weighted by atomic mass is 16.5. The van der Waals surface area contributed by atoms with Crippen molar-refractivity contribution in [2.75, 3.05) is 40.9 Å². The van der Waals surface area contributed by atoms with Crippen LogP contribution in [0.25, 0.3) is 0 Å². The molecule has 4 heteroatoms. The van der Waals surface area contributed by atoms with E-state index in [2.05, 4.69) is 10.6 Å². The van der Waals surface area contributed by atoms with Crippen LogP contribution >= 0.6 is 0 Å². The van der Waals surface area contributed by atoms with Gasteiger partial charge in [-0.05, 0) is 69.7 Å². The summed E-state index contributed by atoms with van der Waals surface area (Å²) in [6.45, 7) is 3.11. The molecule has 1 aromatic carbocycles. The molecule has 0 fully saturated rings. The van der Waals surface area contributed by atoms with Gasteiger partial charge in [0.2, 0.25) is 0 Å². The number of hydrogen-bond acceptors (Lipinski definition) is 4. The molecule has 0 aliphatic carbocycles. The standard InChI is InChI=1S/C15H26N2O2/c1-16-9-4-5-10-17-11-8-13-12-14(18-2)6-7-15(13)19-3/h6-7,12,16-17H,4-5,8-11H2,1-3H3. The largest absolute Gasteiger partial charge is 0.497 e. The van der Waals surface area contributed by atoms with E-state index < -0.39 is 0 Å². The fourth-order valence-corrected chi connectivity index (χ4v) is 1.98. The minimum atomic E-state index is 0.879. The zero-order valence-corrected chi connectivity index (χ0v) is 12.3. The monoisotopic (exact) mass is 266 g/mol. The van der Waals surface area contributed by atoms with Gasteiger partial charge in [-0.1, -0.05) is 0 Å². The number of hydrogen-bond donors (Lipinski definition) is 2. The maximum absolute atomic E-state index is 5.36. The van der Waals surface area contributed by atoms with Crippen molar-refractivity contribution in [1.82, 2.24) is 10.6 Å². The van der Waals surface area contributed by atoms with Gasteiger partial charge in [-0.2, -0.15) is 0 Å². The summed E-state index contributed by atoms with van der Waals surface area (Å²) < 4.78 is 10.6. The molecule has 1 aromatic rings. The lowest BCUT2D eigenvalue weighted by Gasteiger charge is -2.11. The third-order valence-electron chi connectivity index (χ3n) is 3.09. The molecule has 0 radical (unpaired) electrons. The summed E-state index contributed by atoms with van der Waals surface area (Å²) in [5, 5.41) is 6.61. The average molecular weight is 266 g/mol. The predicted molar refractivity (Wildman–Crippen MR) is 79.3 cm³/mol. The quantitative estimate of drug-likeness (QED) is 0.634. The predicted octanol–water partition coefficient (Wildman–Crippen LogP) is 1.84. The second kappa shape index (κ2) is 9.64. The molecule has 0 aliphatic rings. The van der Waals surface area contributed by atoms with Crippen molar-refractivity contribution in [3.63, 3.8) is 0 Å². The van der Waals surface area contributed by atoms with Crippen molar-refractivity contribution in [2.24, 2.45) is 0 Å². The van der Waals surface area contributed by atoms with E-state index in [4.69, 9.17) is 9.47 Å². The lowest BCUT2D eigenvalue weighted by Crippen LogP contribution is -2.20. The summed E-state index contributed by atoms with van der Waals surface area (Å²) >= 11 is 0. The van der Waals surface area contributed by atoms with Gasteiger partial charge in [0.25, 0.3) is 0 Å². The van der Waals surface area contributed by atoms with E-state index >= 15 is 0 Å². The molecule has 0 saturated carbocycles. The van der Waals surface area contributed by atoms with Crippen LogP contribution in [0.2, 0.25) is 0 Å². The third kappa shape index (κ3) is 5.94. The first-order chi connectivity index (χ1) is 9.31. The Morgan fingerprint density at radius 2 is 1.79 bits per heavy atom. The molecular formula is C15H26N2O2. The van der Waals surface area contributed by atoms with Crippen LogP contribution in [0.5, 0.6) is 11.5 Å². The summed E-state index contributed by atoms with van der Waals surface area (Å²) in [6, 6.07) is 5.93. The van der Waals surface area contributed by atoms with E-state index in [1.165, 1.54) is 18.4 Å². The molecule has 4 nitrogen and oxygen atoms in total. The van der Waals surface area contributed by atoms with Crippen molar-refractivity contribution < 1.29 is 9.47 Å². The van der Waals surface area contributed by atoms with Crippen molar-refractivity contribution in [3.05, 3.63) is 23.8 Å². The lowest BCUT2D eigenvalue weighted by molar-refractivity contribution is 0.398. The minimum absolute atomic E-state index is 0.879. The van der Waals surface area contributed by atoms with Crippen molar-refractivity contribution in [2.45, 2.75) is 19.3 Å². The maximum Gasteiger partial charge on any atom is 0.122 e. The van der Waals surface area contributed by atoms with Crippen molar-refractivity contribution in [3.8, 4) is 11.5 Å². The Bertz CT molecular complexity index is 356. The number of nitrogens with one attached hydrogen (secondary N) is 2. The first-order valence-corrected chi connectivity index (χ1v) is 6.88. The van der Waals surface area contributed by atoms with E-state index in [0.717, 1.165) is 37.6 Å². The third-order valence-corrected chi connectivity index (χ3v) is 3.09. The van der Waals surface area contributed by atoms with Crippen LogP contribution in [0.1, 0.15) is 18.4 Å². The van der Waals surface area contributed by atoms with E-state index in [1.54, 1.807) is 14.2 Å². The van der Waals surface area contributed by atoms with Crippen LogP contribution in [0.3, 0.4) is 0 Å². The molecule has 0 saturated heterocycles. The summed E-state index contributed by atoms with van der Waals surface area (Å²) in [7, 11) is 5.38. The Kier molecular flexibility index (Phi) is 8.02. The number of methoxy groups -OCH3 is 2. The van der Waals surface area contributed by atoms with Gasteiger partial charge < -0.3 is 20.1 Å². The van der Waals surface area contributed by atoms with Crippen molar-refractivity contribution in [1.29, 1.82) is 0 Å². The Labute approximate surface area is 116 Å². The molecule has 19 heavy (non-hydrogen) atoms. The van der Waals surface area contributed by atoms with Gasteiger partial charge in [-0.15, -0.1) is 0 Å². The topological polar surface area (TPSA) is 42.5 Å². The average Bonchev–Trinajstić information content (AvgIpc) is 2.46. The Hall–Kier alpha value is -1.26. The Balaban J connectivity index is 2.31. The molecule has 0 atom stereocenters. The molecular weight excluding hydrogens is 240 g/mol. The maximum atomic E-state index is 5.36. The number of rotatable bonds is 10. The van der Waals surface area contributed by atoms with E-state index in [1.807, 2.05) is 25.2 Å². The van der Waals surface area contributed by atoms with Gasteiger partial charge in [0.05, 0.1) is 14.2 Å². The van der Waals surface area contributed by atoms with E-state index in [-0.39, 0.29) is 0 Å². The highest BCUT2D eigenvalue weighted by Gasteiger charge is 2.04. The zero-order valence-electron chi connectivity index (χ0n) is 12.3. The molecule has 0 spiro atoms. The molecule has 0 heterocycles. The second-order valence-corrected chi connectivity index (χ2v) is 4.49. The van der Waals surface area contributed by atoms with E-state index in [9.17, 15) is 0 Å². The molecule has 0 bridgehead atoms. The Morgan fingerprint density at radius 1 is 1.00 bits per heavy atom. The fourth-order valence-electron chi connectivity index (χ4n) is 1.98. The number of benzene rings is 1. The van der Waals surface area contributed by atoms with Crippen molar-refractivity contribution >= 4 is 0 Å². The first-order valence-electron chi connectivity index (χ1n) is 6.88. The second-order valence-electron chi connectivity index (χ2n) is 4.49. The van der Waals surface area contributed by atoms with Crippen LogP contribution in [0, 0.1) is 0 Å². The van der Waals surface area contributed by atoms with Gasteiger partial charge in [-0.25, -0.2) is 0 Å². The van der Waals surface area contributed by atoms with Gasteiger partial charge in [0, 0.05) is 0 Å². The molecule has 0 amide bonds. The number of ether oxygens (including phenoxy) is 2. The zero-order chi connectivity index (χ0) is 13.9. The molecule has 2 N–H and O–H groups in total. The lowest BCUT2D eigenvalue weighted by atomic mass is 10.1. The molecule has 0 aliphatic heterocycles.